The standard InChI is InChI=1S/C13H19NO/c1-7-6-11-12(14(7)5)9(3)8(2)10(4)13(11)15/h6,8-10H,1-5H3. The van der Waals surface area contributed by atoms with Crippen LogP contribution >= 0.6 is 0 Å². The maximum atomic E-state index is 12.1. The molecule has 0 fully saturated rings. The van der Waals surface area contributed by atoms with Crippen molar-refractivity contribution in [1.82, 2.24) is 4.57 Å². The molecule has 0 amide bonds. The van der Waals surface area contributed by atoms with Gasteiger partial charge in [-0.05, 0) is 18.9 Å². The van der Waals surface area contributed by atoms with Crippen LogP contribution in [0.5, 0.6) is 0 Å². The Hall–Kier alpha value is -1.05. The zero-order valence-corrected chi connectivity index (χ0v) is 10.2. The Morgan fingerprint density at radius 1 is 1.20 bits per heavy atom. The highest BCUT2D eigenvalue weighted by Gasteiger charge is 2.36. The quantitative estimate of drug-likeness (QED) is 0.638. The van der Waals surface area contributed by atoms with Crippen molar-refractivity contribution >= 4 is 5.78 Å². The number of rotatable bonds is 0. The molecular weight excluding hydrogens is 186 g/mol. The first kappa shape index (κ1) is 10.5. The van der Waals surface area contributed by atoms with E-state index in [2.05, 4.69) is 39.3 Å². The van der Waals surface area contributed by atoms with E-state index >= 15 is 0 Å². The van der Waals surface area contributed by atoms with E-state index in [0.717, 1.165) is 5.56 Å². The van der Waals surface area contributed by atoms with Crippen molar-refractivity contribution in [3.8, 4) is 0 Å². The van der Waals surface area contributed by atoms with Crippen molar-refractivity contribution < 1.29 is 4.79 Å². The summed E-state index contributed by atoms with van der Waals surface area (Å²) in [5, 5.41) is 0. The molecule has 0 spiro atoms. The molecular formula is C13H19NO. The predicted octanol–water partition coefficient (Wildman–Crippen LogP) is 2.91. The number of carbonyl (C=O) groups excluding carboxylic acids is 1. The molecule has 0 aliphatic heterocycles. The zero-order chi connectivity index (χ0) is 11.3. The molecule has 1 aromatic heterocycles. The van der Waals surface area contributed by atoms with E-state index in [4.69, 9.17) is 0 Å². The highest BCUT2D eigenvalue weighted by Crippen LogP contribution is 2.39. The molecule has 3 atom stereocenters. The third-order valence-corrected chi connectivity index (χ3v) is 4.21. The van der Waals surface area contributed by atoms with Crippen molar-refractivity contribution in [2.45, 2.75) is 33.6 Å². The summed E-state index contributed by atoms with van der Waals surface area (Å²) in [6.07, 6.45) is 0. The Bertz CT molecular complexity index is 416. The number of hydrogen-bond donors (Lipinski definition) is 0. The van der Waals surface area contributed by atoms with Crippen molar-refractivity contribution in [2.75, 3.05) is 0 Å². The van der Waals surface area contributed by atoms with Crippen molar-refractivity contribution in [3.05, 3.63) is 23.0 Å². The summed E-state index contributed by atoms with van der Waals surface area (Å²) in [6, 6.07) is 2.04. The molecule has 0 saturated carbocycles. The summed E-state index contributed by atoms with van der Waals surface area (Å²) in [6.45, 7) is 8.52. The van der Waals surface area contributed by atoms with Crippen LogP contribution in [0.15, 0.2) is 6.07 Å². The fourth-order valence-corrected chi connectivity index (χ4v) is 2.66. The first-order valence-corrected chi connectivity index (χ1v) is 5.65. The van der Waals surface area contributed by atoms with Gasteiger partial charge in [0.15, 0.2) is 5.78 Å². The molecule has 0 bridgehead atoms. The molecule has 0 radical (unpaired) electrons. The molecule has 1 heterocycles. The topological polar surface area (TPSA) is 22.0 Å². The van der Waals surface area contributed by atoms with Gasteiger partial charge in [0, 0.05) is 35.8 Å². The fourth-order valence-electron chi connectivity index (χ4n) is 2.66. The Kier molecular flexibility index (Phi) is 2.25. The SMILES string of the molecule is Cc1cc2c(n1C)C(C)C(C)C(C)C2=O. The second kappa shape index (κ2) is 3.22. The van der Waals surface area contributed by atoms with Gasteiger partial charge in [-0.2, -0.15) is 0 Å². The Morgan fingerprint density at radius 3 is 2.40 bits per heavy atom. The molecule has 2 heteroatoms. The maximum Gasteiger partial charge on any atom is 0.167 e. The summed E-state index contributed by atoms with van der Waals surface area (Å²) in [4.78, 5) is 12.1. The molecule has 1 aliphatic rings. The normalized spacial score (nSPS) is 30.5. The van der Waals surface area contributed by atoms with Crippen LogP contribution < -0.4 is 0 Å². The van der Waals surface area contributed by atoms with Gasteiger partial charge in [-0.25, -0.2) is 0 Å². The minimum Gasteiger partial charge on any atom is -0.351 e. The van der Waals surface area contributed by atoms with E-state index in [-0.39, 0.29) is 5.92 Å². The zero-order valence-electron chi connectivity index (χ0n) is 10.2. The van der Waals surface area contributed by atoms with Crippen LogP contribution in [0.2, 0.25) is 0 Å². The molecule has 82 valence electrons. The second-order valence-electron chi connectivity index (χ2n) is 4.94. The summed E-state index contributed by atoms with van der Waals surface area (Å²) in [5.74, 6) is 1.40. The fraction of sp³-hybridized carbons (Fsp3) is 0.615. The number of carbonyl (C=O) groups is 1. The van der Waals surface area contributed by atoms with Gasteiger partial charge in [-0.15, -0.1) is 0 Å². The predicted molar refractivity (Wildman–Crippen MR) is 61.2 cm³/mol. The Balaban J connectivity index is 2.64. The molecule has 0 aromatic carbocycles. The van der Waals surface area contributed by atoms with Crippen LogP contribution in [-0.2, 0) is 7.05 Å². The molecule has 15 heavy (non-hydrogen) atoms. The van der Waals surface area contributed by atoms with Gasteiger partial charge in [-0.1, -0.05) is 20.8 Å². The van der Waals surface area contributed by atoms with E-state index < -0.39 is 0 Å². The minimum absolute atomic E-state index is 0.161. The molecule has 2 nitrogen and oxygen atoms in total. The van der Waals surface area contributed by atoms with Crippen LogP contribution in [0, 0.1) is 18.8 Å². The lowest BCUT2D eigenvalue weighted by molar-refractivity contribution is 0.0859. The average molecular weight is 205 g/mol. The lowest BCUT2D eigenvalue weighted by Crippen LogP contribution is -2.30. The smallest absolute Gasteiger partial charge is 0.167 e. The Morgan fingerprint density at radius 2 is 1.80 bits per heavy atom. The van der Waals surface area contributed by atoms with Gasteiger partial charge in [0.1, 0.15) is 0 Å². The number of aromatic nitrogens is 1. The van der Waals surface area contributed by atoms with Gasteiger partial charge >= 0.3 is 0 Å². The Labute approximate surface area is 91.3 Å². The van der Waals surface area contributed by atoms with Crippen LogP contribution in [-0.4, -0.2) is 10.4 Å². The molecule has 2 rings (SSSR count). The van der Waals surface area contributed by atoms with Crippen molar-refractivity contribution in [1.29, 1.82) is 0 Å². The minimum atomic E-state index is 0.161. The summed E-state index contributed by atoms with van der Waals surface area (Å²) < 4.78 is 2.17. The molecule has 3 unspecified atom stereocenters. The number of Topliss-reactive ketones (excluding diaryl/α,β-unsaturated/α-hetero) is 1. The van der Waals surface area contributed by atoms with Crippen LogP contribution in [0.25, 0.3) is 0 Å². The number of fused-ring (bicyclic) bond motifs is 1. The summed E-state index contributed by atoms with van der Waals surface area (Å²) >= 11 is 0. The largest absolute Gasteiger partial charge is 0.351 e. The molecule has 0 N–H and O–H groups in total. The van der Waals surface area contributed by atoms with E-state index in [9.17, 15) is 4.79 Å². The van der Waals surface area contributed by atoms with Crippen molar-refractivity contribution in [3.63, 3.8) is 0 Å². The molecule has 0 saturated heterocycles. The van der Waals surface area contributed by atoms with E-state index in [1.54, 1.807) is 0 Å². The lowest BCUT2D eigenvalue weighted by Gasteiger charge is -2.31. The van der Waals surface area contributed by atoms with Crippen molar-refractivity contribution in [2.24, 2.45) is 18.9 Å². The number of aryl methyl sites for hydroxylation is 1. The van der Waals surface area contributed by atoms with E-state index in [1.807, 2.05) is 6.07 Å². The monoisotopic (exact) mass is 205 g/mol. The van der Waals surface area contributed by atoms with Gasteiger partial charge in [0.25, 0.3) is 0 Å². The third-order valence-electron chi connectivity index (χ3n) is 4.21. The van der Waals surface area contributed by atoms with Gasteiger partial charge in [-0.3, -0.25) is 4.79 Å². The van der Waals surface area contributed by atoms with Gasteiger partial charge in [0.2, 0.25) is 0 Å². The highest BCUT2D eigenvalue weighted by molar-refractivity contribution is 6.00. The first-order valence-electron chi connectivity index (χ1n) is 5.65. The van der Waals surface area contributed by atoms with Crippen LogP contribution in [0.1, 0.15) is 48.4 Å². The number of hydrogen-bond acceptors (Lipinski definition) is 1. The average Bonchev–Trinajstić information content (AvgIpc) is 2.50. The van der Waals surface area contributed by atoms with E-state index in [1.165, 1.54) is 11.4 Å². The number of ketones is 1. The number of nitrogens with zero attached hydrogens (tertiary/aromatic N) is 1. The highest BCUT2D eigenvalue weighted by atomic mass is 16.1. The van der Waals surface area contributed by atoms with Crippen LogP contribution in [0.4, 0.5) is 0 Å². The van der Waals surface area contributed by atoms with Gasteiger partial charge in [0.05, 0.1) is 0 Å². The van der Waals surface area contributed by atoms with Crippen LogP contribution in [0.3, 0.4) is 0 Å². The third kappa shape index (κ3) is 1.27. The summed E-state index contributed by atoms with van der Waals surface area (Å²) in [5.41, 5.74) is 3.36. The maximum absolute atomic E-state index is 12.1. The molecule has 1 aromatic rings. The van der Waals surface area contributed by atoms with E-state index in [0.29, 0.717) is 17.6 Å². The second-order valence-corrected chi connectivity index (χ2v) is 4.94. The van der Waals surface area contributed by atoms with Gasteiger partial charge < -0.3 is 4.57 Å². The first-order chi connectivity index (χ1) is 6.95. The summed E-state index contributed by atoms with van der Waals surface area (Å²) in [7, 11) is 2.06. The molecule has 1 aliphatic carbocycles. The lowest BCUT2D eigenvalue weighted by atomic mass is 9.73.